The van der Waals surface area contributed by atoms with Gasteiger partial charge >= 0.3 is 0 Å². The second-order valence-electron chi connectivity index (χ2n) is 3.51. The summed E-state index contributed by atoms with van der Waals surface area (Å²) < 4.78 is 0. The summed E-state index contributed by atoms with van der Waals surface area (Å²) in [5.41, 5.74) is 1.34. The average molecular weight is 182 g/mol. The van der Waals surface area contributed by atoms with Gasteiger partial charge in [-0.1, -0.05) is 12.8 Å². The van der Waals surface area contributed by atoms with Gasteiger partial charge in [-0.25, -0.2) is 0 Å². The Morgan fingerprint density at radius 3 is 2.83 bits per heavy atom. The topological polar surface area (TPSA) is 20.2 Å². The third-order valence-corrected chi connectivity index (χ3v) is 3.40. The van der Waals surface area contributed by atoms with Gasteiger partial charge in [-0.3, -0.25) is 0 Å². The lowest BCUT2D eigenvalue weighted by Gasteiger charge is -2.26. The Morgan fingerprint density at radius 1 is 1.33 bits per heavy atom. The Hall–Kier alpha value is -0.340. The van der Waals surface area contributed by atoms with Crippen LogP contribution in [0.1, 0.15) is 37.2 Å². The van der Waals surface area contributed by atoms with Crippen LogP contribution in [0, 0.1) is 0 Å². The monoisotopic (exact) mass is 182 g/mol. The highest BCUT2D eigenvalue weighted by molar-refractivity contribution is 7.07. The van der Waals surface area contributed by atoms with E-state index in [0.29, 0.717) is 5.92 Å². The van der Waals surface area contributed by atoms with Gasteiger partial charge in [-0.2, -0.15) is 11.3 Å². The minimum absolute atomic E-state index is 0.0895. The van der Waals surface area contributed by atoms with Crippen molar-refractivity contribution in [1.82, 2.24) is 0 Å². The van der Waals surface area contributed by atoms with Gasteiger partial charge in [-0.15, -0.1) is 0 Å². The van der Waals surface area contributed by atoms with Gasteiger partial charge in [0, 0.05) is 5.92 Å². The number of hydrogen-bond donors (Lipinski definition) is 1. The molecule has 1 saturated carbocycles. The summed E-state index contributed by atoms with van der Waals surface area (Å²) in [5.74, 6) is 0.421. The molecule has 0 aromatic carbocycles. The molecule has 1 N–H and O–H groups in total. The summed E-state index contributed by atoms with van der Waals surface area (Å²) in [6.45, 7) is 0. The Bertz CT molecular complexity index is 230. The molecule has 2 rings (SSSR count). The molecule has 0 unspecified atom stereocenters. The maximum absolute atomic E-state index is 9.75. The fourth-order valence-electron chi connectivity index (χ4n) is 1.99. The average Bonchev–Trinajstić information content (AvgIpc) is 2.57. The first-order valence-corrected chi connectivity index (χ1v) is 5.52. The van der Waals surface area contributed by atoms with Gasteiger partial charge in [0.1, 0.15) is 0 Å². The Kier molecular flexibility index (Phi) is 2.47. The van der Waals surface area contributed by atoms with Crippen LogP contribution in [0.5, 0.6) is 0 Å². The van der Waals surface area contributed by atoms with Gasteiger partial charge in [0.05, 0.1) is 6.10 Å². The van der Waals surface area contributed by atoms with Crippen molar-refractivity contribution in [3.05, 3.63) is 22.4 Å². The third-order valence-electron chi connectivity index (χ3n) is 2.70. The summed E-state index contributed by atoms with van der Waals surface area (Å²) in [6.07, 6.45) is 4.53. The van der Waals surface area contributed by atoms with Gasteiger partial charge in [0.25, 0.3) is 0 Å². The number of hydrogen-bond acceptors (Lipinski definition) is 2. The zero-order chi connectivity index (χ0) is 8.39. The number of thiophene rings is 1. The number of aliphatic hydroxyl groups is 1. The predicted molar refractivity (Wildman–Crippen MR) is 51.5 cm³/mol. The predicted octanol–water partition coefficient (Wildman–Crippen LogP) is 2.77. The first-order chi connectivity index (χ1) is 5.88. The molecule has 1 aliphatic carbocycles. The van der Waals surface area contributed by atoms with Crippen LogP contribution in [0.3, 0.4) is 0 Å². The third kappa shape index (κ3) is 1.54. The summed E-state index contributed by atoms with van der Waals surface area (Å²) in [6, 6.07) is 2.14. The normalized spacial score (nSPS) is 30.4. The van der Waals surface area contributed by atoms with Crippen molar-refractivity contribution in [2.45, 2.75) is 37.7 Å². The van der Waals surface area contributed by atoms with Crippen molar-refractivity contribution in [3.8, 4) is 0 Å². The molecule has 1 fully saturated rings. The molecule has 0 amide bonds. The summed E-state index contributed by atoms with van der Waals surface area (Å²) in [5, 5.41) is 14.0. The van der Waals surface area contributed by atoms with Gasteiger partial charge in [-0.05, 0) is 35.2 Å². The molecule has 0 radical (unpaired) electrons. The van der Waals surface area contributed by atoms with Crippen molar-refractivity contribution in [1.29, 1.82) is 0 Å². The van der Waals surface area contributed by atoms with Crippen LogP contribution in [0.15, 0.2) is 16.8 Å². The summed E-state index contributed by atoms with van der Waals surface area (Å²) in [7, 11) is 0. The molecule has 0 bridgehead atoms. The highest BCUT2D eigenvalue weighted by atomic mass is 32.1. The summed E-state index contributed by atoms with van der Waals surface area (Å²) in [4.78, 5) is 0. The van der Waals surface area contributed by atoms with E-state index < -0.39 is 0 Å². The smallest absolute Gasteiger partial charge is 0.0609 e. The van der Waals surface area contributed by atoms with Crippen molar-refractivity contribution >= 4 is 11.3 Å². The minimum Gasteiger partial charge on any atom is -0.392 e. The highest BCUT2D eigenvalue weighted by Crippen LogP contribution is 2.33. The van der Waals surface area contributed by atoms with Crippen LogP contribution in [-0.4, -0.2) is 11.2 Å². The van der Waals surface area contributed by atoms with E-state index in [1.54, 1.807) is 11.3 Å². The molecule has 1 heterocycles. The zero-order valence-corrected chi connectivity index (χ0v) is 7.89. The number of rotatable bonds is 1. The van der Waals surface area contributed by atoms with Gasteiger partial charge in [0.15, 0.2) is 0 Å². The molecule has 1 nitrogen and oxygen atoms in total. The maximum atomic E-state index is 9.75. The van der Waals surface area contributed by atoms with Gasteiger partial charge in [0.2, 0.25) is 0 Å². The molecule has 0 saturated heterocycles. The molecule has 66 valence electrons. The van der Waals surface area contributed by atoms with E-state index in [1.807, 2.05) is 0 Å². The molecule has 1 aromatic rings. The fraction of sp³-hybridized carbons (Fsp3) is 0.600. The van der Waals surface area contributed by atoms with E-state index in [2.05, 4.69) is 16.8 Å². The first kappa shape index (κ1) is 8.27. The lowest BCUT2D eigenvalue weighted by molar-refractivity contribution is 0.106. The SMILES string of the molecule is O[C@@H]1CCCC[C@H]1c1ccsc1. The Morgan fingerprint density at radius 2 is 2.17 bits per heavy atom. The quantitative estimate of drug-likeness (QED) is 0.708. The molecule has 0 spiro atoms. The van der Waals surface area contributed by atoms with Crippen molar-refractivity contribution < 1.29 is 5.11 Å². The Balaban J connectivity index is 2.11. The largest absolute Gasteiger partial charge is 0.392 e. The fourth-order valence-corrected chi connectivity index (χ4v) is 2.71. The van der Waals surface area contributed by atoms with Crippen LogP contribution in [0.2, 0.25) is 0 Å². The van der Waals surface area contributed by atoms with E-state index in [-0.39, 0.29) is 6.10 Å². The second kappa shape index (κ2) is 3.58. The molecular formula is C10H14OS. The van der Waals surface area contributed by atoms with Crippen LogP contribution >= 0.6 is 11.3 Å². The first-order valence-electron chi connectivity index (χ1n) is 4.58. The molecule has 12 heavy (non-hydrogen) atoms. The van der Waals surface area contributed by atoms with Crippen LogP contribution in [-0.2, 0) is 0 Å². The van der Waals surface area contributed by atoms with Crippen molar-refractivity contribution in [2.75, 3.05) is 0 Å². The van der Waals surface area contributed by atoms with E-state index >= 15 is 0 Å². The van der Waals surface area contributed by atoms with Crippen LogP contribution in [0.25, 0.3) is 0 Å². The van der Waals surface area contributed by atoms with Crippen LogP contribution < -0.4 is 0 Å². The Labute approximate surface area is 77.0 Å². The molecule has 1 aliphatic rings. The van der Waals surface area contributed by atoms with E-state index in [9.17, 15) is 5.11 Å². The second-order valence-corrected chi connectivity index (χ2v) is 4.30. The summed E-state index contributed by atoms with van der Waals surface area (Å²) >= 11 is 1.72. The molecule has 1 aromatic heterocycles. The highest BCUT2D eigenvalue weighted by Gasteiger charge is 2.24. The van der Waals surface area contributed by atoms with E-state index in [4.69, 9.17) is 0 Å². The minimum atomic E-state index is -0.0895. The lowest BCUT2D eigenvalue weighted by atomic mass is 9.83. The lowest BCUT2D eigenvalue weighted by Crippen LogP contribution is -2.21. The molecule has 0 aliphatic heterocycles. The maximum Gasteiger partial charge on any atom is 0.0609 e. The van der Waals surface area contributed by atoms with Gasteiger partial charge < -0.3 is 5.11 Å². The molecule has 2 atom stereocenters. The molecule has 2 heteroatoms. The number of aliphatic hydroxyl groups excluding tert-OH is 1. The van der Waals surface area contributed by atoms with E-state index in [1.165, 1.54) is 18.4 Å². The van der Waals surface area contributed by atoms with Crippen LogP contribution in [0.4, 0.5) is 0 Å². The molecular weight excluding hydrogens is 168 g/mol. The zero-order valence-electron chi connectivity index (χ0n) is 7.07. The van der Waals surface area contributed by atoms with Crippen molar-refractivity contribution in [3.63, 3.8) is 0 Å². The van der Waals surface area contributed by atoms with Crippen molar-refractivity contribution in [2.24, 2.45) is 0 Å². The van der Waals surface area contributed by atoms with E-state index in [0.717, 1.165) is 12.8 Å². The standard InChI is InChI=1S/C10H14OS/c11-10-4-2-1-3-9(10)8-5-6-12-7-8/h5-7,9-11H,1-4H2/t9-,10+/m0/s1.